The molecule has 0 aliphatic heterocycles. The van der Waals surface area contributed by atoms with Crippen LogP contribution in [0.4, 0.5) is 4.39 Å². The summed E-state index contributed by atoms with van der Waals surface area (Å²) in [6, 6.07) is 7.11. The molecule has 0 bridgehead atoms. The molecule has 0 fully saturated rings. The first-order valence-electron chi connectivity index (χ1n) is 6.81. The Morgan fingerprint density at radius 1 is 1.11 bits per heavy atom. The van der Waals surface area contributed by atoms with E-state index in [2.05, 4.69) is 19.2 Å². The molecule has 0 atom stereocenters. The molecule has 0 spiro atoms. The van der Waals surface area contributed by atoms with Gasteiger partial charge < -0.3 is 10.1 Å². The number of unbranched alkanes of at least 4 members (excludes halogenated alkanes) is 3. The van der Waals surface area contributed by atoms with E-state index >= 15 is 0 Å². The van der Waals surface area contributed by atoms with E-state index in [9.17, 15) is 4.39 Å². The number of hydrogen-bond donors (Lipinski definition) is 1. The summed E-state index contributed by atoms with van der Waals surface area (Å²) in [6.45, 7) is 5.98. The maximum absolute atomic E-state index is 13.2. The smallest absolute Gasteiger partial charge is 0.165 e. The molecule has 0 aromatic heterocycles. The first-order valence-corrected chi connectivity index (χ1v) is 6.81. The molecule has 3 heteroatoms. The van der Waals surface area contributed by atoms with Crippen molar-refractivity contribution in [2.45, 2.75) is 45.6 Å². The van der Waals surface area contributed by atoms with Crippen molar-refractivity contribution < 1.29 is 9.13 Å². The summed E-state index contributed by atoms with van der Waals surface area (Å²) in [5.41, 5.74) is 0. The largest absolute Gasteiger partial charge is 0.491 e. The molecule has 0 saturated heterocycles. The highest BCUT2D eigenvalue weighted by molar-refractivity contribution is 5.23. The van der Waals surface area contributed by atoms with E-state index in [0.29, 0.717) is 18.4 Å². The van der Waals surface area contributed by atoms with E-state index < -0.39 is 0 Å². The van der Waals surface area contributed by atoms with Gasteiger partial charge in [0.2, 0.25) is 0 Å². The van der Waals surface area contributed by atoms with Crippen molar-refractivity contribution in [3.05, 3.63) is 30.1 Å². The molecule has 1 aromatic rings. The fourth-order valence-corrected chi connectivity index (χ4v) is 1.72. The van der Waals surface area contributed by atoms with Crippen LogP contribution in [0, 0.1) is 5.82 Å². The Hall–Kier alpha value is -1.09. The second kappa shape index (κ2) is 8.92. The first kappa shape index (κ1) is 15.0. The molecule has 0 radical (unpaired) electrons. The lowest BCUT2D eigenvalue weighted by Crippen LogP contribution is -2.23. The molecular formula is C15H24FNO. The minimum absolute atomic E-state index is 0.279. The molecule has 1 aromatic carbocycles. The van der Waals surface area contributed by atoms with Gasteiger partial charge in [-0.3, -0.25) is 0 Å². The van der Waals surface area contributed by atoms with Crippen LogP contribution in [0.1, 0.15) is 39.5 Å². The minimum atomic E-state index is -0.279. The highest BCUT2D eigenvalue weighted by Crippen LogP contribution is 2.15. The molecular weight excluding hydrogens is 229 g/mol. The van der Waals surface area contributed by atoms with Gasteiger partial charge in [0.1, 0.15) is 0 Å². The number of benzene rings is 1. The van der Waals surface area contributed by atoms with Crippen LogP contribution in [0.25, 0.3) is 0 Å². The molecule has 2 nitrogen and oxygen atoms in total. The highest BCUT2D eigenvalue weighted by atomic mass is 19.1. The molecule has 0 aliphatic rings. The van der Waals surface area contributed by atoms with Crippen LogP contribution in [0.15, 0.2) is 24.3 Å². The predicted molar refractivity (Wildman–Crippen MR) is 73.5 cm³/mol. The molecule has 1 N–H and O–H groups in total. The summed E-state index contributed by atoms with van der Waals surface area (Å²) in [7, 11) is 0. The summed E-state index contributed by atoms with van der Waals surface area (Å²) >= 11 is 0. The highest BCUT2D eigenvalue weighted by Gasteiger charge is 2.00. The van der Waals surface area contributed by atoms with E-state index in [-0.39, 0.29) is 5.82 Å². The van der Waals surface area contributed by atoms with Gasteiger partial charge in [0.15, 0.2) is 11.6 Å². The molecule has 1 rings (SSSR count). The van der Waals surface area contributed by atoms with Gasteiger partial charge in [-0.15, -0.1) is 0 Å². The Balaban J connectivity index is 1.98. The fraction of sp³-hybridized carbons (Fsp3) is 0.600. The van der Waals surface area contributed by atoms with E-state index in [1.807, 2.05) is 0 Å². The van der Waals surface area contributed by atoms with Crippen LogP contribution in [-0.4, -0.2) is 19.2 Å². The predicted octanol–water partition coefficient (Wildman–Crippen LogP) is 3.76. The van der Waals surface area contributed by atoms with E-state index in [4.69, 9.17) is 4.74 Å². The SMILES string of the molecule is CC(C)NCCCCCCOc1ccccc1F. The lowest BCUT2D eigenvalue weighted by molar-refractivity contribution is 0.290. The third-order valence-corrected chi connectivity index (χ3v) is 2.72. The molecule has 0 amide bonds. The second-order valence-electron chi connectivity index (χ2n) is 4.80. The Labute approximate surface area is 110 Å². The molecule has 102 valence electrons. The third kappa shape index (κ3) is 6.60. The van der Waals surface area contributed by atoms with Crippen LogP contribution >= 0.6 is 0 Å². The van der Waals surface area contributed by atoms with Crippen LogP contribution in [-0.2, 0) is 0 Å². The van der Waals surface area contributed by atoms with Crippen molar-refractivity contribution in [3.63, 3.8) is 0 Å². The van der Waals surface area contributed by atoms with E-state index in [1.54, 1.807) is 18.2 Å². The van der Waals surface area contributed by atoms with Gasteiger partial charge in [-0.2, -0.15) is 0 Å². The van der Waals surface area contributed by atoms with Crippen LogP contribution in [0.3, 0.4) is 0 Å². The normalized spacial score (nSPS) is 10.9. The summed E-state index contributed by atoms with van der Waals surface area (Å²) in [5.74, 6) is 0.0811. The van der Waals surface area contributed by atoms with Crippen molar-refractivity contribution in [1.82, 2.24) is 5.32 Å². The second-order valence-corrected chi connectivity index (χ2v) is 4.80. The maximum atomic E-state index is 13.2. The van der Waals surface area contributed by atoms with Crippen LogP contribution < -0.4 is 10.1 Å². The third-order valence-electron chi connectivity index (χ3n) is 2.72. The maximum Gasteiger partial charge on any atom is 0.165 e. The number of nitrogens with one attached hydrogen (secondary N) is 1. The van der Waals surface area contributed by atoms with Gasteiger partial charge in [0.25, 0.3) is 0 Å². The fourth-order valence-electron chi connectivity index (χ4n) is 1.72. The van der Waals surface area contributed by atoms with Gasteiger partial charge in [-0.05, 0) is 31.5 Å². The molecule has 0 heterocycles. The van der Waals surface area contributed by atoms with Crippen LogP contribution in [0.2, 0.25) is 0 Å². The Kier molecular flexibility index (Phi) is 7.42. The Morgan fingerprint density at radius 3 is 2.56 bits per heavy atom. The number of para-hydroxylation sites is 1. The van der Waals surface area contributed by atoms with Crippen molar-refractivity contribution in [1.29, 1.82) is 0 Å². The van der Waals surface area contributed by atoms with Crippen molar-refractivity contribution in [3.8, 4) is 5.75 Å². The van der Waals surface area contributed by atoms with Gasteiger partial charge in [-0.1, -0.05) is 38.8 Å². The number of hydrogen-bond acceptors (Lipinski definition) is 2. The first-order chi connectivity index (χ1) is 8.70. The molecule has 18 heavy (non-hydrogen) atoms. The summed E-state index contributed by atoms with van der Waals surface area (Å²) in [4.78, 5) is 0. The average molecular weight is 253 g/mol. The monoisotopic (exact) mass is 253 g/mol. The summed E-state index contributed by atoms with van der Waals surface area (Å²) in [5, 5.41) is 3.39. The lowest BCUT2D eigenvalue weighted by atomic mass is 10.2. The summed E-state index contributed by atoms with van der Waals surface area (Å²) < 4.78 is 18.6. The molecule has 0 saturated carbocycles. The zero-order valence-corrected chi connectivity index (χ0v) is 11.4. The van der Waals surface area contributed by atoms with Gasteiger partial charge in [0, 0.05) is 6.04 Å². The lowest BCUT2D eigenvalue weighted by Gasteiger charge is -2.08. The van der Waals surface area contributed by atoms with E-state index in [0.717, 1.165) is 19.4 Å². The van der Waals surface area contributed by atoms with Crippen LogP contribution in [0.5, 0.6) is 5.75 Å². The van der Waals surface area contributed by atoms with Crippen molar-refractivity contribution in [2.24, 2.45) is 0 Å². The summed E-state index contributed by atoms with van der Waals surface area (Å²) in [6.07, 6.45) is 4.50. The van der Waals surface area contributed by atoms with Gasteiger partial charge in [0.05, 0.1) is 6.61 Å². The standard InChI is InChI=1S/C15H24FNO/c1-13(2)17-11-7-3-4-8-12-18-15-10-6-5-9-14(15)16/h5-6,9-10,13,17H,3-4,7-8,11-12H2,1-2H3. The van der Waals surface area contributed by atoms with Crippen molar-refractivity contribution in [2.75, 3.05) is 13.2 Å². The molecule has 0 unspecified atom stereocenters. The zero-order chi connectivity index (χ0) is 13.2. The number of rotatable bonds is 9. The topological polar surface area (TPSA) is 21.3 Å². The zero-order valence-electron chi connectivity index (χ0n) is 11.4. The van der Waals surface area contributed by atoms with Gasteiger partial charge >= 0.3 is 0 Å². The van der Waals surface area contributed by atoms with Crippen molar-refractivity contribution >= 4 is 0 Å². The number of halogens is 1. The number of ether oxygens (including phenoxy) is 1. The minimum Gasteiger partial charge on any atom is -0.491 e. The molecule has 0 aliphatic carbocycles. The average Bonchev–Trinajstić information content (AvgIpc) is 2.34. The van der Waals surface area contributed by atoms with E-state index in [1.165, 1.54) is 18.9 Å². The quantitative estimate of drug-likeness (QED) is 0.676. The Morgan fingerprint density at radius 2 is 1.83 bits per heavy atom. The van der Waals surface area contributed by atoms with Gasteiger partial charge in [-0.25, -0.2) is 4.39 Å². The Bertz CT molecular complexity index is 328.